The lowest BCUT2D eigenvalue weighted by molar-refractivity contribution is 0.209. The van der Waals surface area contributed by atoms with E-state index in [1.54, 1.807) is 6.07 Å². The van der Waals surface area contributed by atoms with Gasteiger partial charge in [0.2, 0.25) is 0 Å². The quantitative estimate of drug-likeness (QED) is 0.745. The van der Waals surface area contributed by atoms with Gasteiger partial charge in [0.25, 0.3) is 0 Å². The highest BCUT2D eigenvalue weighted by molar-refractivity contribution is 9.11. The molecule has 3 nitrogen and oxygen atoms in total. The van der Waals surface area contributed by atoms with Gasteiger partial charge in [0, 0.05) is 42.4 Å². The molecule has 1 N–H and O–H groups in total. The van der Waals surface area contributed by atoms with Gasteiger partial charge >= 0.3 is 0 Å². The van der Waals surface area contributed by atoms with Crippen molar-refractivity contribution in [2.75, 3.05) is 31.1 Å². The lowest BCUT2D eigenvalue weighted by Crippen LogP contribution is -2.48. The number of halogens is 1. The van der Waals surface area contributed by atoms with Crippen molar-refractivity contribution in [2.24, 2.45) is 0 Å². The summed E-state index contributed by atoms with van der Waals surface area (Å²) < 4.78 is 1.22. The van der Waals surface area contributed by atoms with Gasteiger partial charge in [-0.25, -0.2) is 0 Å². The first kappa shape index (κ1) is 18.6. The number of fused-ring (bicyclic) bond motifs is 1. The fourth-order valence-electron chi connectivity index (χ4n) is 4.18. The second-order valence-electron chi connectivity index (χ2n) is 7.78. The molecule has 4 heteroatoms. The van der Waals surface area contributed by atoms with E-state index >= 15 is 0 Å². The maximum Gasteiger partial charge on any atom is 0.116 e. The molecule has 142 valence electrons. The van der Waals surface area contributed by atoms with Gasteiger partial charge in [0.1, 0.15) is 5.75 Å². The summed E-state index contributed by atoms with van der Waals surface area (Å²) in [4.78, 5) is 5.02. The van der Waals surface area contributed by atoms with E-state index in [0.29, 0.717) is 11.8 Å². The molecule has 27 heavy (non-hydrogen) atoms. The molecule has 4 rings (SSSR count). The summed E-state index contributed by atoms with van der Waals surface area (Å²) >= 11 is 3.78. The van der Waals surface area contributed by atoms with Crippen LogP contribution in [0.25, 0.3) is 5.57 Å². The van der Waals surface area contributed by atoms with Crippen LogP contribution in [0, 0.1) is 0 Å². The smallest absolute Gasteiger partial charge is 0.116 e. The fourth-order valence-corrected chi connectivity index (χ4v) is 4.82. The number of hydrogen-bond donors (Lipinski definition) is 1. The highest BCUT2D eigenvalue weighted by Gasteiger charge is 2.21. The zero-order chi connectivity index (χ0) is 19.0. The van der Waals surface area contributed by atoms with Crippen LogP contribution in [0.1, 0.15) is 37.0 Å². The van der Waals surface area contributed by atoms with Crippen molar-refractivity contribution in [1.82, 2.24) is 4.90 Å². The molecule has 0 bridgehead atoms. The summed E-state index contributed by atoms with van der Waals surface area (Å²) in [6.07, 6.45) is 2.02. The zero-order valence-electron chi connectivity index (χ0n) is 16.1. The molecule has 1 saturated heterocycles. The predicted octanol–water partition coefficient (Wildman–Crippen LogP) is 5.02. The Kier molecular flexibility index (Phi) is 5.29. The minimum atomic E-state index is 0.327. The largest absolute Gasteiger partial charge is 0.508 e. The van der Waals surface area contributed by atoms with Crippen LogP contribution in [0.15, 0.2) is 46.9 Å². The van der Waals surface area contributed by atoms with Crippen LogP contribution in [0.2, 0.25) is 0 Å². The van der Waals surface area contributed by atoms with Crippen molar-refractivity contribution in [2.45, 2.75) is 32.7 Å². The Morgan fingerprint density at radius 1 is 0.926 bits per heavy atom. The second-order valence-corrected chi connectivity index (χ2v) is 8.74. The highest BCUT2D eigenvalue weighted by Crippen LogP contribution is 2.40. The number of phenols is 1. The third kappa shape index (κ3) is 3.78. The van der Waals surface area contributed by atoms with E-state index in [0.717, 1.165) is 44.6 Å². The van der Waals surface area contributed by atoms with Crippen LogP contribution in [0.5, 0.6) is 5.75 Å². The normalized spacial score (nSPS) is 18.1. The molecule has 1 heterocycles. The topological polar surface area (TPSA) is 26.7 Å². The Morgan fingerprint density at radius 2 is 1.63 bits per heavy atom. The average Bonchev–Trinajstić information content (AvgIpc) is 2.68. The van der Waals surface area contributed by atoms with Gasteiger partial charge in [-0.3, -0.25) is 4.90 Å². The first-order valence-corrected chi connectivity index (χ1v) is 10.6. The fraction of sp³-hybridized carbons (Fsp3) is 0.391. The lowest BCUT2D eigenvalue weighted by Gasteiger charge is -2.38. The van der Waals surface area contributed by atoms with E-state index in [4.69, 9.17) is 0 Å². The molecule has 2 aliphatic rings. The van der Waals surface area contributed by atoms with Crippen LogP contribution in [0.3, 0.4) is 0 Å². The van der Waals surface area contributed by atoms with Gasteiger partial charge in [0.15, 0.2) is 0 Å². The molecule has 0 atom stereocenters. The van der Waals surface area contributed by atoms with E-state index in [2.05, 4.69) is 63.8 Å². The van der Waals surface area contributed by atoms with Gasteiger partial charge in [-0.15, -0.1) is 0 Å². The Labute approximate surface area is 170 Å². The maximum atomic E-state index is 9.97. The van der Waals surface area contributed by atoms with Crippen molar-refractivity contribution in [3.8, 4) is 5.75 Å². The molecule has 0 saturated carbocycles. The molecule has 0 amide bonds. The van der Waals surface area contributed by atoms with E-state index in [-0.39, 0.29) is 0 Å². The van der Waals surface area contributed by atoms with Crippen LogP contribution in [-0.2, 0) is 6.42 Å². The highest BCUT2D eigenvalue weighted by atomic mass is 79.9. The molecule has 0 spiro atoms. The minimum absolute atomic E-state index is 0.327. The Bertz CT molecular complexity index is 849. The number of benzene rings is 2. The summed E-state index contributed by atoms with van der Waals surface area (Å²) in [7, 11) is 0. The SMILES string of the molecule is CC(C)N1CCN(c2ccc(C3=C(Br)CCc4ccc(O)cc43)cc2)CC1. The predicted molar refractivity (Wildman–Crippen MR) is 117 cm³/mol. The molecule has 2 aromatic rings. The molecular formula is C23H27BrN2O. The van der Waals surface area contributed by atoms with Gasteiger partial charge in [0.05, 0.1) is 0 Å². The summed E-state index contributed by atoms with van der Waals surface area (Å²) in [5.41, 5.74) is 6.17. The van der Waals surface area contributed by atoms with Crippen molar-refractivity contribution in [3.05, 3.63) is 63.6 Å². The Morgan fingerprint density at radius 3 is 2.30 bits per heavy atom. The third-order valence-corrected chi connectivity index (χ3v) is 6.61. The Hall–Kier alpha value is -1.78. The number of anilines is 1. The number of rotatable bonds is 3. The third-order valence-electron chi connectivity index (χ3n) is 5.81. The van der Waals surface area contributed by atoms with Crippen LogP contribution >= 0.6 is 15.9 Å². The Balaban J connectivity index is 1.57. The van der Waals surface area contributed by atoms with Crippen molar-refractivity contribution in [3.63, 3.8) is 0 Å². The number of phenolic OH excluding ortho intramolecular Hbond substituents is 1. The molecule has 2 aromatic carbocycles. The number of aryl methyl sites for hydroxylation is 1. The van der Waals surface area contributed by atoms with Crippen molar-refractivity contribution < 1.29 is 5.11 Å². The maximum absolute atomic E-state index is 9.97. The van der Waals surface area contributed by atoms with E-state index in [1.807, 2.05) is 12.1 Å². The minimum Gasteiger partial charge on any atom is -0.508 e. The van der Waals surface area contributed by atoms with Gasteiger partial charge in [-0.1, -0.05) is 34.1 Å². The number of allylic oxidation sites excluding steroid dienone is 1. The summed E-state index contributed by atoms with van der Waals surface area (Å²) in [5.74, 6) is 0.327. The number of piperazine rings is 1. The zero-order valence-corrected chi connectivity index (χ0v) is 17.7. The van der Waals surface area contributed by atoms with E-state index in [1.165, 1.54) is 26.9 Å². The molecule has 1 aliphatic carbocycles. The summed E-state index contributed by atoms with van der Waals surface area (Å²) in [6.45, 7) is 8.97. The first-order chi connectivity index (χ1) is 13.0. The lowest BCUT2D eigenvalue weighted by atomic mass is 9.86. The molecule has 0 radical (unpaired) electrons. The molecule has 1 aliphatic heterocycles. The molecular weight excluding hydrogens is 400 g/mol. The van der Waals surface area contributed by atoms with Gasteiger partial charge in [-0.05, 0) is 73.2 Å². The summed E-state index contributed by atoms with van der Waals surface area (Å²) in [6, 6.07) is 15.3. The van der Waals surface area contributed by atoms with Crippen LogP contribution in [0.4, 0.5) is 5.69 Å². The average molecular weight is 427 g/mol. The monoisotopic (exact) mass is 426 g/mol. The first-order valence-electron chi connectivity index (χ1n) is 9.83. The molecule has 0 aromatic heterocycles. The van der Waals surface area contributed by atoms with E-state index < -0.39 is 0 Å². The van der Waals surface area contributed by atoms with Crippen molar-refractivity contribution >= 4 is 27.2 Å². The van der Waals surface area contributed by atoms with Gasteiger partial charge in [-0.2, -0.15) is 0 Å². The number of nitrogens with zero attached hydrogens (tertiary/aromatic N) is 2. The van der Waals surface area contributed by atoms with Crippen molar-refractivity contribution in [1.29, 1.82) is 0 Å². The molecule has 0 unspecified atom stereocenters. The second kappa shape index (κ2) is 7.69. The van der Waals surface area contributed by atoms with Crippen LogP contribution < -0.4 is 4.90 Å². The van der Waals surface area contributed by atoms with E-state index in [9.17, 15) is 5.11 Å². The number of aromatic hydroxyl groups is 1. The molecule has 1 fully saturated rings. The standard InChI is InChI=1S/C23H27BrN2O/c1-16(2)25-11-13-26(14-12-25)19-7-3-18(4-8-19)23-21-15-20(27)9-5-17(21)6-10-22(23)24/h3-5,7-9,15-16,27H,6,10-14H2,1-2H3. The van der Waals surface area contributed by atoms with Crippen LogP contribution in [-0.4, -0.2) is 42.2 Å². The number of hydrogen-bond acceptors (Lipinski definition) is 3. The van der Waals surface area contributed by atoms with Gasteiger partial charge < -0.3 is 10.0 Å². The summed E-state index contributed by atoms with van der Waals surface area (Å²) in [5, 5.41) is 9.97.